The molecule has 36 heavy (non-hydrogen) atoms. The first-order valence-electron chi connectivity index (χ1n) is 12.3. The van der Waals surface area contributed by atoms with E-state index in [4.69, 9.17) is 9.97 Å². The lowest BCUT2D eigenvalue weighted by atomic mass is 9.77. The molecular formula is C27H26N8O. The highest BCUT2D eigenvalue weighted by Crippen LogP contribution is 2.33. The van der Waals surface area contributed by atoms with Gasteiger partial charge in [0.15, 0.2) is 5.65 Å². The Kier molecular flexibility index (Phi) is 5.58. The first-order valence-corrected chi connectivity index (χ1v) is 12.3. The van der Waals surface area contributed by atoms with Gasteiger partial charge in [-0.2, -0.15) is 10.2 Å². The maximum Gasteiger partial charge on any atom is 0.251 e. The van der Waals surface area contributed by atoms with Crippen molar-refractivity contribution in [2.75, 3.05) is 18.4 Å². The lowest BCUT2D eigenvalue weighted by molar-refractivity contribution is 0.0951. The quantitative estimate of drug-likeness (QED) is 0.387. The van der Waals surface area contributed by atoms with Crippen LogP contribution in [0, 0.1) is 11.3 Å². The van der Waals surface area contributed by atoms with Crippen molar-refractivity contribution in [2.45, 2.75) is 37.1 Å². The number of aromatic nitrogens is 4. The van der Waals surface area contributed by atoms with E-state index in [1.54, 1.807) is 16.6 Å². The summed E-state index contributed by atoms with van der Waals surface area (Å²) >= 11 is 0. The maximum absolute atomic E-state index is 12.2. The number of nitrogens with one attached hydrogen (secondary N) is 3. The van der Waals surface area contributed by atoms with Gasteiger partial charge in [0.25, 0.3) is 5.91 Å². The molecule has 0 atom stereocenters. The normalized spacial score (nSPS) is 16.9. The third kappa shape index (κ3) is 4.27. The second-order valence-electron chi connectivity index (χ2n) is 9.45. The Labute approximate surface area is 208 Å². The molecule has 1 amide bonds. The number of amides is 1. The highest BCUT2D eigenvalue weighted by atomic mass is 16.1. The van der Waals surface area contributed by atoms with E-state index < -0.39 is 5.41 Å². The fourth-order valence-electron chi connectivity index (χ4n) is 4.63. The Morgan fingerprint density at radius 2 is 1.92 bits per heavy atom. The van der Waals surface area contributed by atoms with Gasteiger partial charge in [-0.3, -0.25) is 9.78 Å². The Morgan fingerprint density at radius 1 is 1.11 bits per heavy atom. The summed E-state index contributed by atoms with van der Waals surface area (Å²) in [5, 5.41) is 24.0. The molecule has 0 bridgehead atoms. The Morgan fingerprint density at radius 3 is 2.61 bits per heavy atom. The number of fused-ring (bicyclic) bond motifs is 1. The second kappa shape index (κ2) is 9.06. The van der Waals surface area contributed by atoms with Crippen LogP contribution in [0.25, 0.3) is 16.8 Å². The molecule has 0 spiro atoms. The molecule has 9 nitrogen and oxygen atoms in total. The minimum Gasteiger partial charge on any atom is -0.349 e. The van der Waals surface area contributed by atoms with E-state index in [0.717, 1.165) is 61.3 Å². The van der Waals surface area contributed by atoms with Gasteiger partial charge in [-0.05, 0) is 81.2 Å². The van der Waals surface area contributed by atoms with Gasteiger partial charge in [0.2, 0.25) is 5.95 Å². The largest absolute Gasteiger partial charge is 0.349 e. The van der Waals surface area contributed by atoms with Crippen LogP contribution in [-0.4, -0.2) is 44.6 Å². The van der Waals surface area contributed by atoms with Gasteiger partial charge in [-0.25, -0.2) is 4.52 Å². The van der Waals surface area contributed by atoms with E-state index >= 15 is 0 Å². The Balaban J connectivity index is 1.23. The molecule has 1 aliphatic carbocycles. The standard InChI is InChI=1S/C27H26N8O/c28-17-27(11-13-29-14-12-27)23-10-5-19(16-30-23)22-2-1-15-35-24(22)33-26(34-35)32-21-6-3-18(4-7-21)25(36)31-20-8-9-20/h1-7,10,15-16,20,29H,8-9,11-14H2,(H,31,36)(H,32,34). The number of carbonyl (C=O) groups excluding carboxylic acids is 1. The first kappa shape index (κ1) is 22.2. The number of nitriles is 1. The fraction of sp³-hybridized carbons (Fsp3) is 0.296. The third-order valence-corrected chi connectivity index (χ3v) is 6.91. The van der Waals surface area contributed by atoms with Gasteiger partial charge in [0.1, 0.15) is 5.41 Å². The lowest BCUT2D eigenvalue weighted by Crippen LogP contribution is -2.39. The number of carbonyl (C=O) groups is 1. The van der Waals surface area contributed by atoms with Crippen LogP contribution in [0.15, 0.2) is 60.9 Å². The molecule has 2 aliphatic rings. The Hall–Kier alpha value is -4.29. The maximum atomic E-state index is 12.2. The van der Waals surface area contributed by atoms with E-state index in [1.807, 2.05) is 48.8 Å². The molecule has 1 aliphatic heterocycles. The van der Waals surface area contributed by atoms with E-state index in [-0.39, 0.29) is 5.91 Å². The molecule has 3 N–H and O–H groups in total. The number of nitrogens with zero attached hydrogens (tertiary/aromatic N) is 5. The smallest absolute Gasteiger partial charge is 0.251 e. The summed E-state index contributed by atoms with van der Waals surface area (Å²) in [5.41, 5.74) is 4.24. The van der Waals surface area contributed by atoms with Crippen molar-refractivity contribution < 1.29 is 4.79 Å². The third-order valence-electron chi connectivity index (χ3n) is 6.91. The number of pyridine rings is 2. The number of hydrogen-bond acceptors (Lipinski definition) is 7. The minimum atomic E-state index is -0.532. The zero-order valence-electron chi connectivity index (χ0n) is 19.7. The number of piperidine rings is 1. The van der Waals surface area contributed by atoms with Crippen molar-refractivity contribution in [2.24, 2.45) is 0 Å². The Bertz CT molecular complexity index is 1440. The van der Waals surface area contributed by atoms with Gasteiger partial charge in [-0.1, -0.05) is 6.07 Å². The second-order valence-corrected chi connectivity index (χ2v) is 9.45. The molecule has 4 aromatic rings. The molecule has 1 saturated heterocycles. The van der Waals surface area contributed by atoms with Gasteiger partial charge < -0.3 is 16.0 Å². The summed E-state index contributed by atoms with van der Waals surface area (Å²) in [5.74, 6) is 0.417. The number of rotatable bonds is 6. The molecule has 9 heteroatoms. The molecule has 3 aromatic heterocycles. The SMILES string of the molecule is N#CC1(c2ccc(-c3cccn4nc(Nc5ccc(C(=O)NC6CC6)cc5)nc34)cn2)CCNCC1. The summed E-state index contributed by atoms with van der Waals surface area (Å²) in [4.78, 5) is 21.6. The molecule has 0 radical (unpaired) electrons. The van der Waals surface area contributed by atoms with Crippen molar-refractivity contribution in [3.05, 3.63) is 72.2 Å². The van der Waals surface area contributed by atoms with Crippen LogP contribution in [0.4, 0.5) is 11.6 Å². The van der Waals surface area contributed by atoms with E-state index in [2.05, 4.69) is 27.1 Å². The minimum absolute atomic E-state index is 0.0416. The summed E-state index contributed by atoms with van der Waals surface area (Å²) < 4.78 is 1.73. The van der Waals surface area contributed by atoms with Crippen LogP contribution in [0.2, 0.25) is 0 Å². The van der Waals surface area contributed by atoms with Crippen molar-refractivity contribution >= 4 is 23.2 Å². The summed E-state index contributed by atoms with van der Waals surface area (Å²) in [6.07, 6.45) is 7.31. The van der Waals surface area contributed by atoms with Gasteiger partial charge in [-0.15, -0.1) is 5.10 Å². The zero-order chi connectivity index (χ0) is 24.5. The van der Waals surface area contributed by atoms with E-state index in [1.165, 1.54) is 0 Å². The highest BCUT2D eigenvalue weighted by molar-refractivity contribution is 5.95. The molecule has 6 rings (SSSR count). The van der Waals surface area contributed by atoms with Gasteiger partial charge in [0, 0.05) is 40.8 Å². The molecule has 1 saturated carbocycles. The number of hydrogen-bond donors (Lipinski definition) is 3. The van der Waals surface area contributed by atoms with Crippen LogP contribution in [0.5, 0.6) is 0 Å². The van der Waals surface area contributed by atoms with Crippen LogP contribution < -0.4 is 16.0 Å². The lowest BCUT2D eigenvalue weighted by Gasteiger charge is -2.30. The molecular weight excluding hydrogens is 452 g/mol. The highest BCUT2D eigenvalue weighted by Gasteiger charge is 2.35. The summed E-state index contributed by atoms with van der Waals surface area (Å²) in [7, 11) is 0. The first-order chi connectivity index (χ1) is 17.6. The van der Waals surface area contributed by atoms with Crippen LogP contribution in [0.3, 0.4) is 0 Å². The molecule has 2 fully saturated rings. The van der Waals surface area contributed by atoms with Crippen molar-refractivity contribution in [1.82, 2.24) is 30.2 Å². The molecule has 4 heterocycles. The van der Waals surface area contributed by atoms with Crippen LogP contribution in [0.1, 0.15) is 41.7 Å². The molecule has 1 aromatic carbocycles. The summed E-state index contributed by atoms with van der Waals surface area (Å²) in [6.45, 7) is 1.64. The summed E-state index contributed by atoms with van der Waals surface area (Å²) in [6, 6.07) is 18.0. The van der Waals surface area contributed by atoms with Crippen molar-refractivity contribution in [3.8, 4) is 17.2 Å². The number of anilines is 2. The molecule has 180 valence electrons. The molecule has 0 unspecified atom stereocenters. The van der Waals surface area contributed by atoms with Crippen molar-refractivity contribution in [3.63, 3.8) is 0 Å². The average molecular weight is 479 g/mol. The predicted octanol–water partition coefficient (Wildman–Crippen LogP) is 3.57. The number of benzene rings is 1. The predicted molar refractivity (Wildman–Crippen MR) is 136 cm³/mol. The zero-order valence-corrected chi connectivity index (χ0v) is 19.7. The van der Waals surface area contributed by atoms with E-state index in [9.17, 15) is 10.1 Å². The van der Waals surface area contributed by atoms with Crippen molar-refractivity contribution in [1.29, 1.82) is 5.26 Å². The fourth-order valence-corrected chi connectivity index (χ4v) is 4.63. The van der Waals surface area contributed by atoms with Crippen LogP contribution >= 0.6 is 0 Å². The van der Waals surface area contributed by atoms with Gasteiger partial charge >= 0.3 is 0 Å². The average Bonchev–Trinajstić information content (AvgIpc) is 3.65. The van der Waals surface area contributed by atoms with Crippen LogP contribution in [-0.2, 0) is 5.41 Å². The van der Waals surface area contributed by atoms with Gasteiger partial charge in [0.05, 0.1) is 11.8 Å². The topological polar surface area (TPSA) is 120 Å². The monoisotopic (exact) mass is 478 g/mol. The van der Waals surface area contributed by atoms with E-state index in [0.29, 0.717) is 23.2 Å².